The number of benzene rings is 1. The van der Waals surface area contributed by atoms with Crippen molar-refractivity contribution >= 4 is 32.6 Å². The second kappa shape index (κ2) is 5.17. The normalized spacial score (nSPS) is 12.6. The van der Waals surface area contributed by atoms with Crippen LogP contribution in [0.2, 0.25) is 0 Å². The van der Waals surface area contributed by atoms with Gasteiger partial charge in [-0.2, -0.15) is 5.10 Å². The summed E-state index contributed by atoms with van der Waals surface area (Å²) in [5.41, 5.74) is 11.5. The first kappa shape index (κ1) is 15.0. The van der Waals surface area contributed by atoms with Gasteiger partial charge in [-0.05, 0) is 25.1 Å². The number of aromatic nitrogens is 1. The Morgan fingerprint density at radius 3 is 2.52 bits per heavy atom. The fourth-order valence-corrected chi connectivity index (χ4v) is 2.73. The second-order valence-electron chi connectivity index (χ2n) is 4.47. The molecule has 112 valence electrons. The SMILES string of the molecule is CC(=NN=C(N)N)c1cn(S(C)(=O)=O)c2cc(F)ccc12. The maximum absolute atomic E-state index is 13.4. The molecule has 9 heteroatoms. The van der Waals surface area contributed by atoms with Gasteiger partial charge in [0.1, 0.15) is 5.82 Å². The number of hydrogen-bond donors (Lipinski definition) is 2. The first-order valence-electron chi connectivity index (χ1n) is 5.85. The van der Waals surface area contributed by atoms with Crippen molar-refractivity contribution in [1.29, 1.82) is 0 Å². The van der Waals surface area contributed by atoms with Gasteiger partial charge in [0.15, 0.2) is 0 Å². The lowest BCUT2D eigenvalue weighted by atomic mass is 10.1. The lowest BCUT2D eigenvalue weighted by Crippen LogP contribution is -2.22. The maximum atomic E-state index is 13.4. The average Bonchev–Trinajstić information content (AvgIpc) is 2.74. The van der Waals surface area contributed by atoms with Gasteiger partial charge >= 0.3 is 0 Å². The van der Waals surface area contributed by atoms with Crippen molar-refractivity contribution in [3.63, 3.8) is 0 Å². The number of fused-ring (bicyclic) bond motifs is 1. The lowest BCUT2D eigenvalue weighted by Gasteiger charge is -2.00. The number of halogens is 1. The van der Waals surface area contributed by atoms with Crippen molar-refractivity contribution in [3.05, 3.63) is 35.8 Å². The van der Waals surface area contributed by atoms with Crippen LogP contribution in [0.3, 0.4) is 0 Å². The van der Waals surface area contributed by atoms with Crippen LogP contribution in [0.4, 0.5) is 4.39 Å². The molecule has 4 N–H and O–H groups in total. The minimum absolute atomic E-state index is 0.216. The summed E-state index contributed by atoms with van der Waals surface area (Å²) < 4.78 is 38.0. The third-order valence-electron chi connectivity index (χ3n) is 2.80. The van der Waals surface area contributed by atoms with Gasteiger partial charge in [0, 0.05) is 17.1 Å². The number of nitrogens with two attached hydrogens (primary N) is 2. The van der Waals surface area contributed by atoms with Crippen molar-refractivity contribution in [2.45, 2.75) is 6.92 Å². The summed E-state index contributed by atoms with van der Waals surface area (Å²) in [6, 6.07) is 3.87. The Bertz CT molecular complexity index is 863. The van der Waals surface area contributed by atoms with E-state index in [1.807, 2.05) is 0 Å². The molecule has 2 rings (SSSR count). The molecule has 0 unspecified atom stereocenters. The summed E-state index contributed by atoms with van der Waals surface area (Å²) in [4.78, 5) is 0. The van der Waals surface area contributed by atoms with Gasteiger partial charge in [0.25, 0.3) is 0 Å². The molecule has 0 aliphatic heterocycles. The van der Waals surface area contributed by atoms with Crippen molar-refractivity contribution in [3.8, 4) is 0 Å². The zero-order chi connectivity index (χ0) is 15.8. The van der Waals surface area contributed by atoms with E-state index in [4.69, 9.17) is 11.5 Å². The fourth-order valence-electron chi connectivity index (χ4n) is 1.92. The molecule has 0 fully saturated rings. The number of rotatable bonds is 3. The van der Waals surface area contributed by atoms with E-state index in [0.29, 0.717) is 16.7 Å². The van der Waals surface area contributed by atoms with E-state index in [2.05, 4.69) is 10.2 Å². The monoisotopic (exact) mass is 311 g/mol. The van der Waals surface area contributed by atoms with Crippen LogP contribution in [0, 0.1) is 5.82 Å². The van der Waals surface area contributed by atoms with E-state index >= 15 is 0 Å². The molecule has 0 aliphatic rings. The molecular weight excluding hydrogens is 297 g/mol. The van der Waals surface area contributed by atoms with Crippen molar-refractivity contribution in [1.82, 2.24) is 3.97 Å². The van der Waals surface area contributed by atoms with Gasteiger partial charge in [-0.1, -0.05) is 0 Å². The summed E-state index contributed by atoms with van der Waals surface area (Å²) >= 11 is 0. The molecule has 0 aliphatic carbocycles. The highest BCUT2D eigenvalue weighted by Gasteiger charge is 2.17. The molecule has 0 radical (unpaired) electrons. The van der Waals surface area contributed by atoms with Crippen molar-refractivity contribution in [2.75, 3.05) is 6.26 Å². The smallest absolute Gasteiger partial charge is 0.236 e. The molecule has 1 heterocycles. The largest absolute Gasteiger partial charge is 0.369 e. The minimum Gasteiger partial charge on any atom is -0.369 e. The molecule has 0 atom stereocenters. The predicted octanol–water partition coefficient (Wildman–Crippen LogP) is 0.586. The molecule has 0 saturated heterocycles. The van der Waals surface area contributed by atoms with Gasteiger partial charge in [0.2, 0.25) is 16.0 Å². The Morgan fingerprint density at radius 2 is 1.95 bits per heavy atom. The van der Waals surface area contributed by atoms with Gasteiger partial charge in [-0.15, -0.1) is 5.10 Å². The number of guanidine groups is 1. The molecule has 1 aromatic carbocycles. The average molecular weight is 311 g/mol. The molecule has 1 aromatic heterocycles. The van der Waals surface area contributed by atoms with Crippen LogP contribution in [0.5, 0.6) is 0 Å². The molecule has 7 nitrogen and oxygen atoms in total. The highest BCUT2D eigenvalue weighted by atomic mass is 32.2. The molecule has 0 spiro atoms. The standard InChI is InChI=1S/C12H14FN5O2S/c1-7(16-17-12(14)15)10-6-18(21(2,19)20)11-5-8(13)3-4-9(10)11/h3-6H,1-2H3,(H4,14,15,17). The predicted molar refractivity (Wildman–Crippen MR) is 80.2 cm³/mol. The lowest BCUT2D eigenvalue weighted by molar-refractivity contribution is 0.595. The zero-order valence-electron chi connectivity index (χ0n) is 11.4. The summed E-state index contributed by atoms with van der Waals surface area (Å²) in [7, 11) is -3.58. The Kier molecular flexibility index (Phi) is 3.69. The highest BCUT2D eigenvalue weighted by Crippen LogP contribution is 2.24. The molecule has 0 amide bonds. The number of hydrogen-bond acceptors (Lipinski definition) is 4. The number of nitrogens with zero attached hydrogens (tertiary/aromatic N) is 3. The quantitative estimate of drug-likeness (QED) is 0.490. The summed E-state index contributed by atoms with van der Waals surface area (Å²) in [5.74, 6) is -0.747. The van der Waals surface area contributed by atoms with Crippen LogP contribution in [0.1, 0.15) is 12.5 Å². The summed E-state index contributed by atoms with van der Waals surface area (Å²) in [6.45, 7) is 1.62. The van der Waals surface area contributed by atoms with Gasteiger partial charge in [-0.3, -0.25) is 0 Å². The summed E-state index contributed by atoms with van der Waals surface area (Å²) in [6.07, 6.45) is 2.39. The van der Waals surface area contributed by atoms with Crippen LogP contribution >= 0.6 is 0 Å². The fraction of sp³-hybridized carbons (Fsp3) is 0.167. The first-order valence-corrected chi connectivity index (χ1v) is 7.69. The molecule has 0 saturated carbocycles. The Hall–Kier alpha value is -2.42. The van der Waals surface area contributed by atoms with Gasteiger partial charge in [-0.25, -0.2) is 16.8 Å². The van der Waals surface area contributed by atoms with E-state index in [0.717, 1.165) is 16.3 Å². The van der Waals surface area contributed by atoms with E-state index in [9.17, 15) is 12.8 Å². The van der Waals surface area contributed by atoms with Crippen LogP contribution < -0.4 is 11.5 Å². The molecule has 0 bridgehead atoms. The maximum Gasteiger partial charge on any atom is 0.236 e. The highest BCUT2D eigenvalue weighted by molar-refractivity contribution is 7.89. The van der Waals surface area contributed by atoms with Crippen LogP contribution in [0.25, 0.3) is 10.9 Å². The van der Waals surface area contributed by atoms with E-state index in [1.54, 1.807) is 6.92 Å². The molecule has 21 heavy (non-hydrogen) atoms. The van der Waals surface area contributed by atoms with Crippen molar-refractivity contribution < 1.29 is 12.8 Å². The Labute approximate surface area is 120 Å². The third kappa shape index (κ3) is 3.02. The van der Waals surface area contributed by atoms with Crippen LogP contribution in [-0.2, 0) is 10.0 Å². The first-order chi connectivity index (χ1) is 9.70. The Balaban J connectivity index is 2.77. The van der Waals surface area contributed by atoms with E-state index in [-0.39, 0.29) is 11.5 Å². The van der Waals surface area contributed by atoms with Crippen LogP contribution in [-0.4, -0.2) is 30.3 Å². The third-order valence-corrected chi connectivity index (χ3v) is 3.81. The zero-order valence-corrected chi connectivity index (χ0v) is 12.2. The molecular formula is C12H14FN5O2S. The van der Waals surface area contributed by atoms with E-state index < -0.39 is 15.8 Å². The topological polar surface area (TPSA) is 116 Å². The Morgan fingerprint density at radius 1 is 1.29 bits per heavy atom. The summed E-state index contributed by atoms with van der Waals surface area (Å²) in [5, 5.41) is 7.87. The van der Waals surface area contributed by atoms with Crippen molar-refractivity contribution in [2.24, 2.45) is 21.7 Å². The van der Waals surface area contributed by atoms with Gasteiger partial charge in [0.05, 0.1) is 17.5 Å². The van der Waals surface area contributed by atoms with Crippen LogP contribution in [0.15, 0.2) is 34.6 Å². The second-order valence-corrected chi connectivity index (χ2v) is 6.33. The minimum atomic E-state index is -3.58. The van der Waals surface area contributed by atoms with E-state index in [1.165, 1.54) is 18.3 Å². The molecule has 2 aromatic rings. The van der Waals surface area contributed by atoms with Gasteiger partial charge < -0.3 is 11.5 Å².